The summed E-state index contributed by atoms with van der Waals surface area (Å²) in [6.45, 7) is 3.49. The van der Waals surface area contributed by atoms with Crippen molar-refractivity contribution in [1.82, 2.24) is 0 Å². The predicted octanol–water partition coefficient (Wildman–Crippen LogP) is 0.00940. The first-order valence-electron chi connectivity index (χ1n) is 4.03. The van der Waals surface area contributed by atoms with Gasteiger partial charge in [-0.15, -0.1) is 0 Å². The molecule has 0 radical (unpaired) electrons. The molecule has 0 aromatic rings. The fraction of sp³-hybridized carbons (Fsp3) is 0.750. The summed E-state index contributed by atoms with van der Waals surface area (Å²) in [5, 5.41) is 0. The van der Waals surface area contributed by atoms with Crippen LogP contribution in [0.15, 0.2) is 0 Å². The third-order valence-electron chi connectivity index (χ3n) is 2.00. The molecule has 0 heterocycles. The van der Waals surface area contributed by atoms with Gasteiger partial charge < -0.3 is 11.5 Å². The van der Waals surface area contributed by atoms with Crippen LogP contribution in [0.2, 0.25) is 0 Å². The van der Waals surface area contributed by atoms with Crippen molar-refractivity contribution in [3.8, 4) is 0 Å². The summed E-state index contributed by atoms with van der Waals surface area (Å²) in [4.78, 5) is 21.2. The van der Waals surface area contributed by atoms with Crippen molar-refractivity contribution in [1.29, 1.82) is 0 Å². The van der Waals surface area contributed by atoms with E-state index in [1.54, 1.807) is 13.8 Å². The Kier molecular flexibility index (Phi) is 4.33. The van der Waals surface area contributed by atoms with Crippen molar-refractivity contribution in [2.45, 2.75) is 26.7 Å². The molecule has 0 spiro atoms. The molecule has 2 atom stereocenters. The Morgan fingerprint density at radius 2 is 1.25 bits per heavy atom. The van der Waals surface area contributed by atoms with Gasteiger partial charge in [-0.25, -0.2) is 0 Å². The van der Waals surface area contributed by atoms with Crippen LogP contribution in [0.25, 0.3) is 0 Å². The Balaban J connectivity index is 3.68. The maximum Gasteiger partial charge on any atom is 0.220 e. The fourth-order valence-electron chi connectivity index (χ4n) is 0.785. The highest BCUT2D eigenvalue weighted by molar-refractivity contribution is 5.77. The molecule has 2 unspecified atom stereocenters. The molecule has 0 bridgehead atoms. The highest BCUT2D eigenvalue weighted by Gasteiger charge is 2.13. The Hall–Kier alpha value is -1.06. The Bertz CT molecular complexity index is 160. The second-order valence-electron chi connectivity index (χ2n) is 3.18. The summed E-state index contributed by atoms with van der Waals surface area (Å²) in [5.41, 5.74) is 10.1. The number of hydrogen-bond acceptors (Lipinski definition) is 2. The molecule has 0 aliphatic carbocycles. The Morgan fingerprint density at radius 1 is 1.00 bits per heavy atom. The van der Waals surface area contributed by atoms with Crippen LogP contribution in [0.5, 0.6) is 0 Å². The average Bonchev–Trinajstić information content (AvgIpc) is 1.98. The van der Waals surface area contributed by atoms with E-state index in [1.165, 1.54) is 0 Å². The van der Waals surface area contributed by atoms with Gasteiger partial charge in [-0.2, -0.15) is 0 Å². The maximum atomic E-state index is 10.6. The summed E-state index contributed by atoms with van der Waals surface area (Å²) in [7, 11) is 0. The van der Waals surface area contributed by atoms with Crippen molar-refractivity contribution >= 4 is 11.8 Å². The molecular formula is C8H16N2O2. The molecule has 4 nitrogen and oxygen atoms in total. The van der Waals surface area contributed by atoms with Crippen LogP contribution in [0.4, 0.5) is 0 Å². The lowest BCUT2D eigenvalue weighted by Gasteiger charge is -2.09. The summed E-state index contributed by atoms with van der Waals surface area (Å²) in [6.07, 6.45) is 1.25. The normalized spacial score (nSPS) is 15.2. The van der Waals surface area contributed by atoms with E-state index in [2.05, 4.69) is 0 Å². The van der Waals surface area contributed by atoms with Crippen molar-refractivity contribution < 1.29 is 9.59 Å². The predicted molar refractivity (Wildman–Crippen MR) is 46.0 cm³/mol. The lowest BCUT2D eigenvalue weighted by atomic mass is 9.97. The van der Waals surface area contributed by atoms with Gasteiger partial charge in [0.05, 0.1) is 0 Å². The zero-order valence-corrected chi connectivity index (χ0v) is 7.54. The van der Waals surface area contributed by atoms with Gasteiger partial charge in [0.25, 0.3) is 0 Å². The van der Waals surface area contributed by atoms with Gasteiger partial charge in [0.1, 0.15) is 0 Å². The summed E-state index contributed by atoms with van der Waals surface area (Å²) >= 11 is 0. The first kappa shape index (κ1) is 10.9. The number of primary amides is 2. The summed E-state index contributed by atoms with van der Waals surface area (Å²) in [5.74, 6) is -1.00. The van der Waals surface area contributed by atoms with E-state index in [4.69, 9.17) is 11.5 Å². The second kappa shape index (κ2) is 4.74. The number of amides is 2. The highest BCUT2D eigenvalue weighted by atomic mass is 16.1. The summed E-state index contributed by atoms with van der Waals surface area (Å²) < 4.78 is 0. The van der Waals surface area contributed by atoms with Crippen molar-refractivity contribution in [3.63, 3.8) is 0 Å². The van der Waals surface area contributed by atoms with Gasteiger partial charge in [0, 0.05) is 11.8 Å². The molecule has 0 aliphatic heterocycles. The lowest BCUT2D eigenvalue weighted by Crippen LogP contribution is -2.24. The third kappa shape index (κ3) is 3.95. The van der Waals surface area contributed by atoms with Crippen molar-refractivity contribution in [2.24, 2.45) is 23.3 Å². The van der Waals surface area contributed by atoms with Crippen LogP contribution >= 0.6 is 0 Å². The van der Waals surface area contributed by atoms with E-state index in [9.17, 15) is 9.59 Å². The molecule has 0 aromatic carbocycles. The van der Waals surface area contributed by atoms with Crippen molar-refractivity contribution in [3.05, 3.63) is 0 Å². The Morgan fingerprint density at radius 3 is 1.42 bits per heavy atom. The third-order valence-corrected chi connectivity index (χ3v) is 2.00. The quantitative estimate of drug-likeness (QED) is 0.612. The molecule has 12 heavy (non-hydrogen) atoms. The van der Waals surface area contributed by atoms with E-state index in [-0.39, 0.29) is 23.7 Å². The minimum Gasteiger partial charge on any atom is -0.369 e. The second-order valence-corrected chi connectivity index (χ2v) is 3.18. The molecule has 0 fully saturated rings. The van der Waals surface area contributed by atoms with Crippen LogP contribution in [0.3, 0.4) is 0 Å². The minimum absolute atomic E-state index is 0.174. The Labute approximate surface area is 72.3 Å². The number of carbonyl (C=O) groups excluding carboxylic acids is 2. The van der Waals surface area contributed by atoms with Crippen LogP contribution in [-0.4, -0.2) is 11.8 Å². The largest absolute Gasteiger partial charge is 0.369 e. The van der Waals surface area contributed by atoms with Gasteiger partial charge in [0.15, 0.2) is 0 Å². The minimum atomic E-state index is -0.327. The molecule has 70 valence electrons. The molecule has 0 saturated heterocycles. The molecular weight excluding hydrogens is 156 g/mol. The zero-order chi connectivity index (χ0) is 9.72. The first-order valence-corrected chi connectivity index (χ1v) is 4.03. The van der Waals surface area contributed by atoms with E-state index >= 15 is 0 Å². The SMILES string of the molecule is CC(CCC(C)C(N)=O)C(N)=O. The first-order chi connectivity index (χ1) is 5.45. The zero-order valence-electron chi connectivity index (χ0n) is 7.54. The molecule has 2 amide bonds. The highest BCUT2D eigenvalue weighted by Crippen LogP contribution is 2.11. The molecule has 4 heteroatoms. The van der Waals surface area contributed by atoms with Crippen LogP contribution < -0.4 is 11.5 Å². The fourth-order valence-corrected chi connectivity index (χ4v) is 0.785. The van der Waals surface area contributed by atoms with Gasteiger partial charge in [-0.05, 0) is 12.8 Å². The summed E-state index contributed by atoms with van der Waals surface area (Å²) in [6, 6.07) is 0. The van der Waals surface area contributed by atoms with Gasteiger partial charge in [0.2, 0.25) is 11.8 Å². The van der Waals surface area contributed by atoms with E-state index < -0.39 is 0 Å². The molecule has 4 N–H and O–H groups in total. The standard InChI is InChI=1S/C8H16N2O2/c1-5(7(9)11)3-4-6(2)8(10)12/h5-6H,3-4H2,1-2H3,(H2,9,11)(H2,10,12). The van der Waals surface area contributed by atoms with E-state index in [0.29, 0.717) is 12.8 Å². The van der Waals surface area contributed by atoms with Gasteiger partial charge >= 0.3 is 0 Å². The molecule has 0 rings (SSSR count). The maximum absolute atomic E-state index is 10.6. The number of rotatable bonds is 5. The smallest absolute Gasteiger partial charge is 0.220 e. The molecule has 0 aliphatic rings. The monoisotopic (exact) mass is 172 g/mol. The lowest BCUT2D eigenvalue weighted by molar-refractivity contribution is -0.123. The van der Waals surface area contributed by atoms with Gasteiger partial charge in [-0.1, -0.05) is 13.8 Å². The van der Waals surface area contributed by atoms with E-state index in [1.807, 2.05) is 0 Å². The van der Waals surface area contributed by atoms with E-state index in [0.717, 1.165) is 0 Å². The van der Waals surface area contributed by atoms with Crippen LogP contribution in [0.1, 0.15) is 26.7 Å². The average molecular weight is 172 g/mol. The topological polar surface area (TPSA) is 86.2 Å². The van der Waals surface area contributed by atoms with Crippen LogP contribution in [0, 0.1) is 11.8 Å². The van der Waals surface area contributed by atoms with Crippen molar-refractivity contribution in [2.75, 3.05) is 0 Å². The number of nitrogens with two attached hydrogens (primary N) is 2. The van der Waals surface area contributed by atoms with Gasteiger partial charge in [-0.3, -0.25) is 9.59 Å². The van der Waals surface area contributed by atoms with Crippen LogP contribution in [-0.2, 0) is 9.59 Å². The number of hydrogen-bond donors (Lipinski definition) is 2. The number of carbonyl (C=O) groups is 2. The molecule has 0 saturated carbocycles. The molecule has 0 aromatic heterocycles.